The molecule has 19 heavy (non-hydrogen) atoms. The van der Waals surface area contributed by atoms with Crippen LogP contribution in [0.4, 0.5) is 0 Å². The van der Waals surface area contributed by atoms with Crippen LogP contribution in [0.3, 0.4) is 0 Å². The van der Waals surface area contributed by atoms with Crippen LogP contribution in [-0.4, -0.2) is 15.7 Å². The topological polar surface area (TPSA) is 36.0 Å². The number of benzene rings is 1. The van der Waals surface area contributed by atoms with Crippen LogP contribution in [0.25, 0.3) is 17.0 Å². The minimum atomic E-state index is -0.778. The van der Waals surface area contributed by atoms with Gasteiger partial charge in [0.05, 0.1) is 5.60 Å². The molecule has 2 nitrogen and oxygen atoms in total. The predicted molar refractivity (Wildman–Crippen MR) is 82.2 cm³/mol. The molecule has 0 aliphatic carbocycles. The van der Waals surface area contributed by atoms with Crippen molar-refractivity contribution in [3.8, 4) is 0 Å². The first kappa shape index (κ1) is 13.9. The van der Waals surface area contributed by atoms with Crippen LogP contribution in [-0.2, 0) is 6.42 Å². The molecule has 102 valence electrons. The number of aromatic amines is 1. The van der Waals surface area contributed by atoms with E-state index in [4.69, 9.17) is 0 Å². The van der Waals surface area contributed by atoms with Crippen molar-refractivity contribution in [3.63, 3.8) is 0 Å². The summed E-state index contributed by atoms with van der Waals surface area (Å²) in [5, 5.41) is 11.1. The van der Waals surface area contributed by atoms with Crippen molar-refractivity contribution in [3.05, 3.63) is 41.6 Å². The van der Waals surface area contributed by atoms with Crippen LogP contribution in [0.15, 0.2) is 30.3 Å². The molecule has 0 fully saturated rings. The van der Waals surface area contributed by atoms with Gasteiger partial charge in [-0.15, -0.1) is 0 Å². The molecule has 0 radical (unpaired) electrons. The molecule has 2 N–H and O–H groups in total. The third-order valence-electron chi connectivity index (χ3n) is 3.28. The Bertz CT molecular complexity index is 572. The van der Waals surface area contributed by atoms with Gasteiger partial charge < -0.3 is 10.1 Å². The Morgan fingerprint density at radius 3 is 2.68 bits per heavy atom. The van der Waals surface area contributed by atoms with E-state index in [1.807, 2.05) is 18.2 Å². The second-order valence-electron chi connectivity index (χ2n) is 5.65. The third-order valence-corrected chi connectivity index (χ3v) is 3.28. The van der Waals surface area contributed by atoms with Gasteiger partial charge in [-0.1, -0.05) is 37.6 Å². The number of H-pyrrole nitrogens is 1. The molecule has 0 saturated carbocycles. The highest BCUT2D eigenvalue weighted by Gasteiger charge is 2.11. The zero-order valence-electron chi connectivity index (χ0n) is 12.0. The first-order valence-electron chi connectivity index (χ1n) is 7.02. The Balaban J connectivity index is 2.43. The number of aliphatic hydroxyl groups is 1. The summed E-state index contributed by atoms with van der Waals surface area (Å²) in [6, 6.07) is 8.39. The molecule has 2 rings (SSSR count). The largest absolute Gasteiger partial charge is 0.386 e. The summed E-state index contributed by atoms with van der Waals surface area (Å²) in [6.07, 6.45) is 7.30. The van der Waals surface area contributed by atoms with E-state index >= 15 is 0 Å². The van der Waals surface area contributed by atoms with E-state index in [1.165, 1.54) is 29.3 Å². The summed E-state index contributed by atoms with van der Waals surface area (Å²) in [5.74, 6) is 0. The van der Waals surface area contributed by atoms with Crippen molar-refractivity contribution in [1.29, 1.82) is 0 Å². The van der Waals surface area contributed by atoms with Crippen molar-refractivity contribution >= 4 is 17.0 Å². The number of hydrogen-bond acceptors (Lipinski definition) is 1. The summed E-state index contributed by atoms with van der Waals surface area (Å²) in [6.45, 7) is 5.79. The van der Waals surface area contributed by atoms with Gasteiger partial charge in [-0.05, 0) is 44.4 Å². The van der Waals surface area contributed by atoms with Gasteiger partial charge in [-0.3, -0.25) is 0 Å². The Morgan fingerprint density at radius 2 is 2.00 bits per heavy atom. The monoisotopic (exact) mass is 257 g/mol. The van der Waals surface area contributed by atoms with Gasteiger partial charge in [0.25, 0.3) is 0 Å². The number of para-hydroxylation sites is 1. The van der Waals surface area contributed by atoms with Gasteiger partial charge in [0.2, 0.25) is 0 Å². The van der Waals surface area contributed by atoms with Crippen LogP contribution in [0.5, 0.6) is 0 Å². The molecule has 0 saturated heterocycles. The lowest BCUT2D eigenvalue weighted by atomic mass is 10.0. The van der Waals surface area contributed by atoms with E-state index in [2.05, 4.69) is 30.1 Å². The second-order valence-corrected chi connectivity index (χ2v) is 5.65. The fraction of sp³-hybridized carbons (Fsp3) is 0.412. The first-order chi connectivity index (χ1) is 9.01. The van der Waals surface area contributed by atoms with Crippen molar-refractivity contribution in [2.75, 3.05) is 0 Å². The quantitative estimate of drug-likeness (QED) is 0.823. The molecule has 1 aromatic heterocycles. The van der Waals surface area contributed by atoms with Crippen molar-refractivity contribution < 1.29 is 5.11 Å². The molecule has 0 spiro atoms. The van der Waals surface area contributed by atoms with Gasteiger partial charge in [-0.25, -0.2) is 0 Å². The zero-order chi connectivity index (χ0) is 13.9. The Labute approximate surface area is 115 Å². The van der Waals surface area contributed by atoms with Gasteiger partial charge in [0, 0.05) is 16.6 Å². The van der Waals surface area contributed by atoms with Crippen molar-refractivity contribution in [2.24, 2.45) is 0 Å². The molecule has 0 unspecified atom stereocenters. The highest BCUT2D eigenvalue weighted by atomic mass is 16.3. The Morgan fingerprint density at radius 1 is 1.26 bits per heavy atom. The van der Waals surface area contributed by atoms with E-state index in [9.17, 15) is 5.11 Å². The van der Waals surface area contributed by atoms with Crippen LogP contribution in [0.1, 0.15) is 44.9 Å². The maximum absolute atomic E-state index is 9.82. The summed E-state index contributed by atoms with van der Waals surface area (Å²) in [5.41, 5.74) is 2.87. The van der Waals surface area contributed by atoms with E-state index in [0.717, 1.165) is 12.1 Å². The second kappa shape index (κ2) is 5.62. The lowest BCUT2D eigenvalue weighted by Crippen LogP contribution is -2.13. The Hall–Kier alpha value is -1.54. The van der Waals surface area contributed by atoms with E-state index in [0.29, 0.717) is 0 Å². The van der Waals surface area contributed by atoms with Crippen LogP contribution in [0, 0.1) is 0 Å². The summed E-state index contributed by atoms with van der Waals surface area (Å²) in [7, 11) is 0. The van der Waals surface area contributed by atoms with Crippen LogP contribution in [0.2, 0.25) is 0 Å². The molecule has 1 heterocycles. The molecule has 0 atom stereocenters. The number of rotatable bonds is 5. The lowest BCUT2D eigenvalue weighted by Gasteiger charge is -2.10. The zero-order valence-corrected chi connectivity index (χ0v) is 12.0. The number of aromatic nitrogens is 1. The molecule has 0 bridgehead atoms. The number of unbranched alkanes of at least 4 members (excludes halogenated alkanes) is 1. The number of fused-ring (bicyclic) bond motifs is 1. The summed E-state index contributed by atoms with van der Waals surface area (Å²) in [4.78, 5) is 3.45. The summed E-state index contributed by atoms with van der Waals surface area (Å²) >= 11 is 0. The minimum absolute atomic E-state index is 0.778. The predicted octanol–water partition coefficient (Wildman–Crippen LogP) is 4.29. The molecule has 0 amide bonds. The standard InChI is InChI=1S/C17H23NO/c1-4-5-8-13-14-9-6-7-10-15(14)18-16(13)11-12-17(2,3)19/h6-7,9-12,18-19H,4-5,8H2,1-3H3/b12-11+. The van der Waals surface area contributed by atoms with E-state index in [-0.39, 0.29) is 0 Å². The van der Waals surface area contributed by atoms with E-state index in [1.54, 1.807) is 13.8 Å². The third kappa shape index (κ3) is 3.48. The van der Waals surface area contributed by atoms with Gasteiger partial charge in [0.1, 0.15) is 0 Å². The highest BCUT2D eigenvalue weighted by Crippen LogP contribution is 2.25. The molecule has 0 aliphatic heterocycles. The highest BCUT2D eigenvalue weighted by molar-refractivity contribution is 5.87. The first-order valence-corrected chi connectivity index (χ1v) is 7.02. The van der Waals surface area contributed by atoms with Gasteiger partial charge >= 0.3 is 0 Å². The maximum atomic E-state index is 9.82. The number of nitrogens with one attached hydrogen (secondary N) is 1. The fourth-order valence-corrected chi connectivity index (χ4v) is 2.27. The number of hydrogen-bond donors (Lipinski definition) is 2. The lowest BCUT2D eigenvalue weighted by molar-refractivity contribution is 0.134. The van der Waals surface area contributed by atoms with Crippen LogP contribution < -0.4 is 0 Å². The minimum Gasteiger partial charge on any atom is -0.386 e. The average Bonchev–Trinajstić information content (AvgIpc) is 2.71. The molecular weight excluding hydrogens is 234 g/mol. The average molecular weight is 257 g/mol. The van der Waals surface area contributed by atoms with Gasteiger partial charge in [-0.2, -0.15) is 0 Å². The van der Waals surface area contributed by atoms with Crippen molar-refractivity contribution in [1.82, 2.24) is 4.98 Å². The van der Waals surface area contributed by atoms with Gasteiger partial charge in [0.15, 0.2) is 0 Å². The SMILES string of the molecule is CCCCc1c(/C=C/C(C)(C)O)[nH]c2ccccc12. The molecule has 0 aliphatic rings. The number of aryl methyl sites for hydroxylation is 1. The fourth-order valence-electron chi connectivity index (χ4n) is 2.27. The molecule has 1 aromatic carbocycles. The smallest absolute Gasteiger partial charge is 0.0775 e. The molecule has 2 aromatic rings. The Kier molecular flexibility index (Phi) is 4.11. The summed E-state index contributed by atoms with van der Waals surface area (Å²) < 4.78 is 0. The van der Waals surface area contributed by atoms with Crippen molar-refractivity contribution in [2.45, 2.75) is 45.6 Å². The molecular formula is C17H23NO. The van der Waals surface area contributed by atoms with E-state index < -0.39 is 5.60 Å². The maximum Gasteiger partial charge on any atom is 0.0775 e. The molecule has 2 heteroatoms. The van der Waals surface area contributed by atoms with Crippen LogP contribution >= 0.6 is 0 Å². The normalized spacial score (nSPS) is 12.6.